The molecule has 0 bridgehead atoms. The van der Waals surface area contributed by atoms with Crippen LogP contribution in [0.15, 0.2) is 35.4 Å². The molecule has 0 heterocycles. The van der Waals surface area contributed by atoms with Crippen molar-refractivity contribution in [3.8, 4) is 23.0 Å². The minimum Gasteiger partial charge on any atom is -0.504 e. The first-order chi connectivity index (χ1) is 11.5. The summed E-state index contributed by atoms with van der Waals surface area (Å²) in [5.41, 5.74) is 4.10. The molecule has 2 rings (SSSR count). The van der Waals surface area contributed by atoms with Gasteiger partial charge in [-0.3, -0.25) is 4.79 Å². The smallest absolute Gasteiger partial charge is 0.271 e. The minimum absolute atomic E-state index is 0.163. The average Bonchev–Trinajstić information content (AvgIpc) is 2.56. The highest BCUT2D eigenvalue weighted by Crippen LogP contribution is 2.31. The van der Waals surface area contributed by atoms with Crippen molar-refractivity contribution in [3.05, 3.63) is 47.0 Å². The van der Waals surface area contributed by atoms with E-state index in [0.717, 1.165) is 11.6 Å². The summed E-state index contributed by atoms with van der Waals surface area (Å²) in [6.45, 7) is 1.90. The van der Waals surface area contributed by atoms with Crippen molar-refractivity contribution >= 4 is 12.1 Å². The fourth-order valence-electron chi connectivity index (χ4n) is 2.12. The third kappa shape index (κ3) is 3.75. The van der Waals surface area contributed by atoms with Gasteiger partial charge >= 0.3 is 0 Å². The number of hydrazone groups is 1. The van der Waals surface area contributed by atoms with E-state index in [0.29, 0.717) is 17.1 Å². The summed E-state index contributed by atoms with van der Waals surface area (Å²) in [6, 6.07) is 7.41. The van der Waals surface area contributed by atoms with Crippen molar-refractivity contribution in [2.75, 3.05) is 14.2 Å². The lowest BCUT2D eigenvalue weighted by Gasteiger charge is -2.11. The van der Waals surface area contributed by atoms with Crippen LogP contribution in [0.2, 0.25) is 0 Å². The predicted octanol–water partition coefficient (Wildman–Crippen LogP) is 2.19. The van der Waals surface area contributed by atoms with Gasteiger partial charge in [0.05, 0.1) is 20.4 Å². The molecule has 0 saturated carbocycles. The van der Waals surface area contributed by atoms with E-state index in [2.05, 4.69) is 10.5 Å². The molecule has 0 fully saturated rings. The molecule has 0 aliphatic carbocycles. The first kappa shape index (κ1) is 17.1. The van der Waals surface area contributed by atoms with Crippen LogP contribution in [-0.4, -0.2) is 36.6 Å². The second-order valence-electron chi connectivity index (χ2n) is 4.99. The maximum atomic E-state index is 12.0. The number of aromatic hydroxyl groups is 2. The van der Waals surface area contributed by atoms with Crippen LogP contribution in [0.3, 0.4) is 0 Å². The van der Waals surface area contributed by atoms with Gasteiger partial charge in [0, 0.05) is 11.1 Å². The summed E-state index contributed by atoms with van der Waals surface area (Å²) in [5.74, 6) is -0.138. The predicted molar refractivity (Wildman–Crippen MR) is 89.1 cm³/mol. The highest BCUT2D eigenvalue weighted by Gasteiger charge is 2.11. The molecule has 0 aliphatic rings. The Labute approximate surface area is 139 Å². The standard InChI is InChI=1S/C17H18N2O5/c1-10-6-12(16(24-3)15(7-10)23-2)9-18-19-17(22)11-4-5-13(20)14(21)8-11/h4-9,20-21H,1-3H3,(H,19,22)/b18-9+. The molecule has 2 aromatic carbocycles. The van der Waals surface area contributed by atoms with Gasteiger partial charge in [-0.1, -0.05) is 0 Å². The number of hydrogen-bond donors (Lipinski definition) is 3. The third-order valence-corrected chi connectivity index (χ3v) is 3.26. The number of carbonyl (C=O) groups excluding carboxylic acids is 1. The number of benzene rings is 2. The minimum atomic E-state index is -0.528. The number of methoxy groups -OCH3 is 2. The van der Waals surface area contributed by atoms with Gasteiger partial charge in [0.1, 0.15) is 0 Å². The molecular formula is C17H18N2O5. The Bertz CT molecular complexity index is 787. The lowest BCUT2D eigenvalue weighted by molar-refractivity contribution is 0.0954. The summed E-state index contributed by atoms with van der Waals surface area (Å²) in [5, 5.41) is 22.5. The van der Waals surface area contributed by atoms with Crippen LogP contribution in [0.5, 0.6) is 23.0 Å². The molecule has 126 valence electrons. The second kappa shape index (κ2) is 7.36. The molecule has 0 aromatic heterocycles. The Morgan fingerprint density at radius 3 is 2.50 bits per heavy atom. The molecule has 2 aromatic rings. The zero-order chi connectivity index (χ0) is 17.7. The Balaban J connectivity index is 2.18. The Morgan fingerprint density at radius 2 is 1.88 bits per heavy atom. The molecule has 0 radical (unpaired) electrons. The zero-order valence-corrected chi connectivity index (χ0v) is 13.5. The van der Waals surface area contributed by atoms with E-state index in [4.69, 9.17) is 9.47 Å². The summed E-state index contributed by atoms with van der Waals surface area (Å²) in [6.07, 6.45) is 1.44. The zero-order valence-electron chi connectivity index (χ0n) is 13.5. The Morgan fingerprint density at radius 1 is 1.12 bits per heavy atom. The Kier molecular flexibility index (Phi) is 5.26. The maximum absolute atomic E-state index is 12.0. The normalized spacial score (nSPS) is 10.6. The van der Waals surface area contributed by atoms with Crippen LogP contribution in [0.4, 0.5) is 0 Å². The number of hydrogen-bond acceptors (Lipinski definition) is 6. The van der Waals surface area contributed by atoms with E-state index in [9.17, 15) is 15.0 Å². The van der Waals surface area contributed by atoms with E-state index in [1.54, 1.807) is 0 Å². The van der Waals surface area contributed by atoms with Crippen molar-refractivity contribution in [1.29, 1.82) is 0 Å². The lowest BCUT2D eigenvalue weighted by atomic mass is 10.1. The summed E-state index contributed by atoms with van der Waals surface area (Å²) >= 11 is 0. The van der Waals surface area contributed by atoms with Crippen LogP contribution < -0.4 is 14.9 Å². The SMILES string of the molecule is COc1cc(C)cc(/C=N/NC(=O)c2ccc(O)c(O)c2)c1OC. The highest BCUT2D eigenvalue weighted by molar-refractivity contribution is 5.95. The highest BCUT2D eigenvalue weighted by atomic mass is 16.5. The molecule has 0 spiro atoms. The number of amides is 1. The number of nitrogens with zero attached hydrogens (tertiary/aromatic N) is 1. The fraction of sp³-hybridized carbons (Fsp3) is 0.176. The van der Waals surface area contributed by atoms with E-state index in [1.165, 1.54) is 32.6 Å². The fourth-order valence-corrected chi connectivity index (χ4v) is 2.12. The van der Waals surface area contributed by atoms with Crippen LogP contribution in [0, 0.1) is 6.92 Å². The number of aryl methyl sites for hydroxylation is 1. The number of ether oxygens (including phenoxy) is 2. The second-order valence-corrected chi connectivity index (χ2v) is 4.99. The number of rotatable bonds is 5. The lowest BCUT2D eigenvalue weighted by Crippen LogP contribution is -2.17. The van der Waals surface area contributed by atoms with E-state index < -0.39 is 5.91 Å². The summed E-state index contributed by atoms with van der Waals surface area (Å²) in [4.78, 5) is 12.0. The number of nitrogens with one attached hydrogen (secondary N) is 1. The van der Waals surface area contributed by atoms with Gasteiger partial charge in [-0.2, -0.15) is 5.10 Å². The van der Waals surface area contributed by atoms with Gasteiger partial charge in [0.2, 0.25) is 0 Å². The summed E-state index contributed by atoms with van der Waals surface area (Å²) in [7, 11) is 3.06. The van der Waals surface area contributed by atoms with Gasteiger partial charge in [0.25, 0.3) is 5.91 Å². The van der Waals surface area contributed by atoms with Gasteiger partial charge in [-0.15, -0.1) is 0 Å². The van der Waals surface area contributed by atoms with Gasteiger partial charge in [-0.25, -0.2) is 5.43 Å². The molecular weight excluding hydrogens is 312 g/mol. The number of phenols is 2. The first-order valence-electron chi connectivity index (χ1n) is 7.04. The topological polar surface area (TPSA) is 100 Å². The molecule has 0 saturated heterocycles. The maximum Gasteiger partial charge on any atom is 0.271 e. The number of phenolic OH excluding ortho intramolecular Hbond substituents is 2. The van der Waals surface area contributed by atoms with Crippen molar-refractivity contribution in [2.24, 2.45) is 5.10 Å². The van der Waals surface area contributed by atoms with E-state index >= 15 is 0 Å². The Hall–Kier alpha value is -3.22. The number of carbonyl (C=O) groups is 1. The molecule has 0 atom stereocenters. The van der Waals surface area contributed by atoms with Crippen LogP contribution in [-0.2, 0) is 0 Å². The van der Waals surface area contributed by atoms with Gasteiger partial charge < -0.3 is 19.7 Å². The van der Waals surface area contributed by atoms with E-state index in [1.807, 2.05) is 19.1 Å². The van der Waals surface area contributed by atoms with Crippen LogP contribution in [0.1, 0.15) is 21.5 Å². The van der Waals surface area contributed by atoms with E-state index in [-0.39, 0.29) is 17.1 Å². The van der Waals surface area contributed by atoms with Crippen molar-refractivity contribution in [1.82, 2.24) is 5.43 Å². The van der Waals surface area contributed by atoms with Crippen LogP contribution >= 0.6 is 0 Å². The van der Waals surface area contributed by atoms with Crippen molar-refractivity contribution < 1.29 is 24.5 Å². The molecule has 1 amide bonds. The third-order valence-electron chi connectivity index (χ3n) is 3.26. The molecule has 7 heteroatoms. The van der Waals surface area contributed by atoms with Crippen molar-refractivity contribution in [3.63, 3.8) is 0 Å². The van der Waals surface area contributed by atoms with Gasteiger partial charge in [-0.05, 0) is 42.8 Å². The molecule has 3 N–H and O–H groups in total. The summed E-state index contributed by atoms with van der Waals surface area (Å²) < 4.78 is 10.6. The molecule has 24 heavy (non-hydrogen) atoms. The molecule has 0 aliphatic heterocycles. The average molecular weight is 330 g/mol. The first-order valence-corrected chi connectivity index (χ1v) is 7.04. The van der Waals surface area contributed by atoms with Gasteiger partial charge in [0.15, 0.2) is 23.0 Å². The quantitative estimate of drug-likeness (QED) is 0.443. The molecule has 7 nitrogen and oxygen atoms in total. The molecule has 0 unspecified atom stereocenters. The monoisotopic (exact) mass is 330 g/mol. The van der Waals surface area contributed by atoms with Crippen LogP contribution in [0.25, 0.3) is 0 Å². The van der Waals surface area contributed by atoms with Crippen molar-refractivity contribution in [2.45, 2.75) is 6.92 Å². The largest absolute Gasteiger partial charge is 0.504 e.